The summed E-state index contributed by atoms with van der Waals surface area (Å²) in [5.74, 6) is 0.340. The second-order valence-electron chi connectivity index (χ2n) is 6.45. The van der Waals surface area contributed by atoms with E-state index in [4.69, 9.17) is 9.47 Å². The van der Waals surface area contributed by atoms with Gasteiger partial charge in [0, 0.05) is 12.5 Å². The zero-order chi connectivity index (χ0) is 19.5. The van der Waals surface area contributed by atoms with Gasteiger partial charge in [-0.1, -0.05) is 56.3 Å². The van der Waals surface area contributed by atoms with Crippen LogP contribution in [-0.4, -0.2) is 23.3 Å². The van der Waals surface area contributed by atoms with Gasteiger partial charge < -0.3 is 14.6 Å². The SMILES string of the molecule is CC[C@H](O)C[C@@H](CC)OC(=O)C=Cc1cccc(OCc2ccccc2)c1. The van der Waals surface area contributed by atoms with Crippen molar-refractivity contribution >= 4 is 12.0 Å². The lowest BCUT2D eigenvalue weighted by Gasteiger charge is -2.17. The smallest absolute Gasteiger partial charge is 0.331 e. The predicted octanol–water partition coefficient (Wildman–Crippen LogP) is 4.76. The summed E-state index contributed by atoms with van der Waals surface area (Å²) in [6.45, 7) is 4.34. The van der Waals surface area contributed by atoms with Crippen molar-refractivity contribution in [2.24, 2.45) is 0 Å². The van der Waals surface area contributed by atoms with E-state index in [9.17, 15) is 9.90 Å². The minimum Gasteiger partial charge on any atom is -0.489 e. The molecule has 0 amide bonds. The molecule has 2 atom stereocenters. The minimum absolute atomic E-state index is 0.266. The molecule has 0 aliphatic rings. The van der Waals surface area contributed by atoms with Crippen molar-refractivity contribution in [2.75, 3.05) is 0 Å². The Balaban J connectivity index is 1.89. The first-order valence-corrected chi connectivity index (χ1v) is 9.44. The third-order valence-corrected chi connectivity index (χ3v) is 4.26. The molecule has 2 aromatic rings. The Kier molecular flexibility index (Phi) is 8.59. The fraction of sp³-hybridized carbons (Fsp3) is 0.348. The Morgan fingerprint density at radius 1 is 1.07 bits per heavy atom. The van der Waals surface area contributed by atoms with E-state index in [2.05, 4.69) is 0 Å². The molecule has 0 spiro atoms. The van der Waals surface area contributed by atoms with Crippen LogP contribution >= 0.6 is 0 Å². The Bertz CT molecular complexity index is 724. The molecule has 0 saturated heterocycles. The monoisotopic (exact) mass is 368 g/mol. The first-order valence-electron chi connectivity index (χ1n) is 9.44. The number of hydrogen-bond acceptors (Lipinski definition) is 4. The number of aliphatic hydroxyl groups excluding tert-OH is 1. The van der Waals surface area contributed by atoms with E-state index in [0.29, 0.717) is 25.9 Å². The highest BCUT2D eigenvalue weighted by Gasteiger charge is 2.14. The van der Waals surface area contributed by atoms with Gasteiger partial charge in [-0.15, -0.1) is 0 Å². The van der Waals surface area contributed by atoms with E-state index in [-0.39, 0.29) is 6.10 Å². The molecular weight excluding hydrogens is 340 g/mol. The van der Waals surface area contributed by atoms with Crippen LogP contribution in [0, 0.1) is 0 Å². The van der Waals surface area contributed by atoms with E-state index in [1.165, 1.54) is 6.08 Å². The molecule has 4 nitrogen and oxygen atoms in total. The van der Waals surface area contributed by atoms with Gasteiger partial charge in [-0.2, -0.15) is 0 Å². The lowest BCUT2D eigenvalue weighted by atomic mass is 10.1. The van der Waals surface area contributed by atoms with Crippen molar-refractivity contribution in [3.8, 4) is 5.75 Å². The number of rotatable bonds is 10. The molecule has 0 unspecified atom stereocenters. The number of aliphatic hydroxyl groups is 1. The Labute approximate surface area is 161 Å². The highest BCUT2D eigenvalue weighted by molar-refractivity contribution is 5.87. The maximum absolute atomic E-state index is 12.0. The van der Waals surface area contributed by atoms with Crippen molar-refractivity contribution in [3.05, 3.63) is 71.8 Å². The summed E-state index contributed by atoms with van der Waals surface area (Å²) in [5.41, 5.74) is 1.96. The van der Waals surface area contributed by atoms with Crippen molar-refractivity contribution in [1.29, 1.82) is 0 Å². The second kappa shape index (κ2) is 11.2. The van der Waals surface area contributed by atoms with E-state index in [1.807, 2.05) is 68.4 Å². The number of carbonyl (C=O) groups excluding carboxylic acids is 1. The maximum atomic E-state index is 12.0. The van der Waals surface area contributed by atoms with Crippen LogP contribution in [0.5, 0.6) is 5.75 Å². The van der Waals surface area contributed by atoms with Crippen LogP contribution in [0.4, 0.5) is 0 Å². The van der Waals surface area contributed by atoms with Crippen molar-refractivity contribution in [2.45, 2.75) is 51.9 Å². The van der Waals surface area contributed by atoms with Gasteiger partial charge in [-0.25, -0.2) is 4.79 Å². The Morgan fingerprint density at radius 3 is 2.56 bits per heavy atom. The quantitative estimate of drug-likeness (QED) is 0.485. The van der Waals surface area contributed by atoms with E-state index in [0.717, 1.165) is 16.9 Å². The largest absolute Gasteiger partial charge is 0.489 e. The van der Waals surface area contributed by atoms with Crippen LogP contribution < -0.4 is 4.74 Å². The summed E-state index contributed by atoms with van der Waals surface area (Å²) < 4.78 is 11.2. The molecule has 2 aromatic carbocycles. The number of hydrogen-bond donors (Lipinski definition) is 1. The Morgan fingerprint density at radius 2 is 1.85 bits per heavy atom. The molecule has 0 aromatic heterocycles. The highest BCUT2D eigenvalue weighted by Crippen LogP contribution is 2.17. The summed E-state index contributed by atoms with van der Waals surface area (Å²) in [6, 6.07) is 17.5. The number of carbonyl (C=O) groups is 1. The molecule has 0 aliphatic carbocycles. The van der Waals surface area contributed by atoms with Gasteiger partial charge in [-0.05, 0) is 42.2 Å². The number of esters is 1. The fourth-order valence-electron chi connectivity index (χ4n) is 2.58. The van der Waals surface area contributed by atoms with E-state index < -0.39 is 12.1 Å². The standard InChI is InChI=1S/C23H28O4/c1-3-20(24)16-21(4-2)27-23(25)14-13-18-11-8-12-22(15-18)26-17-19-9-6-5-7-10-19/h5-15,20-21,24H,3-4,16-17H2,1-2H3/t20-,21+/m0/s1. The topological polar surface area (TPSA) is 55.8 Å². The summed E-state index contributed by atoms with van der Waals surface area (Å²) in [4.78, 5) is 12.0. The lowest BCUT2D eigenvalue weighted by Crippen LogP contribution is -2.22. The van der Waals surface area contributed by atoms with E-state index >= 15 is 0 Å². The van der Waals surface area contributed by atoms with Gasteiger partial charge in [0.2, 0.25) is 0 Å². The molecule has 27 heavy (non-hydrogen) atoms. The average Bonchev–Trinajstić information content (AvgIpc) is 2.71. The van der Waals surface area contributed by atoms with Gasteiger partial charge >= 0.3 is 5.97 Å². The molecule has 2 rings (SSSR count). The van der Waals surface area contributed by atoms with Crippen LogP contribution in [0.15, 0.2) is 60.7 Å². The highest BCUT2D eigenvalue weighted by atomic mass is 16.5. The third-order valence-electron chi connectivity index (χ3n) is 4.26. The van der Waals surface area contributed by atoms with Crippen LogP contribution in [-0.2, 0) is 16.1 Å². The number of ether oxygens (including phenoxy) is 2. The predicted molar refractivity (Wildman–Crippen MR) is 107 cm³/mol. The molecule has 0 radical (unpaired) electrons. The lowest BCUT2D eigenvalue weighted by molar-refractivity contribution is -0.144. The molecule has 0 bridgehead atoms. The minimum atomic E-state index is -0.440. The van der Waals surface area contributed by atoms with Crippen molar-refractivity contribution in [3.63, 3.8) is 0 Å². The van der Waals surface area contributed by atoms with Crippen LogP contribution in [0.3, 0.4) is 0 Å². The zero-order valence-electron chi connectivity index (χ0n) is 16.0. The van der Waals surface area contributed by atoms with Gasteiger partial charge in [0.05, 0.1) is 6.10 Å². The molecule has 144 valence electrons. The zero-order valence-corrected chi connectivity index (χ0v) is 16.0. The molecule has 1 N–H and O–H groups in total. The first-order chi connectivity index (χ1) is 13.1. The molecule has 4 heteroatoms. The first kappa shape index (κ1) is 20.7. The summed E-state index contributed by atoms with van der Waals surface area (Å²) in [7, 11) is 0. The normalized spacial score (nSPS) is 13.3. The van der Waals surface area contributed by atoms with Gasteiger partial charge in [0.25, 0.3) is 0 Å². The average molecular weight is 368 g/mol. The number of benzene rings is 2. The molecule has 0 saturated carbocycles. The molecule has 0 heterocycles. The molecule has 0 fully saturated rings. The van der Waals surface area contributed by atoms with Gasteiger partial charge in [0.15, 0.2) is 0 Å². The van der Waals surface area contributed by atoms with Crippen molar-refractivity contribution in [1.82, 2.24) is 0 Å². The van der Waals surface area contributed by atoms with Crippen LogP contribution in [0.2, 0.25) is 0 Å². The summed E-state index contributed by atoms with van der Waals surface area (Å²) in [6.07, 6.45) is 4.22. The van der Waals surface area contributed by atoms with Gasteiger partial charge in [-0.3, -0.25) is 0 Å². The maximum Gasteiger partial charge on any atom is 0.331 e. The Hall–Kier alpha value is -2.59. The van der Waals surface area contributed by atoms with Crippen molar-refractivity contribution < 1.29 is 19.4 Å². The second-order valence-corrected chi connectivity index (χ2v) is 6.45. The molecule has 0 aliphatic heterocycles. The fourth-order valence-corrected chi connectivity index (χ4v) is 2.58. The van der Waals surface area contributed by atoms with Gasteiger partial charge in [0.1, 0.15) is 18.5 Å². The third kappa shape index (κ3) is 7.67. The van der Waals surface area contributed by atoms with Crippen LogP contribution in [0.1, 0.15) is 44.2 Å². The molecular formula is C23H28O4. The van der Waals surface area contributed by atoms with Crippen LogP contribution in [0.25, 0.3) is 6.08 Å². The van der Waals surface area contributed by atoms with E-state index in [1.54, 1.807) is 6.08 Å². The summed E-state index contributed by atoms with van der Waals surface area (Å²) in [5, 5.41) is 9.72. The summed E-state index contributed by atoms with van der Waals surface area (Å²) >= 11 is 0.